The predicted molar refractivity (Wildman–Crippen MR) is 118 cm³/mol. The second kappa shape index (κ2) is 10.2. The highest BCUT2D eigenvalue weighted by atomic mass is 19.1. The first-order valence-electron chi connectivity index (χ1n) is 10.9. The Balaban J connectivity index is 1.53. The quantitative estimate of drug-likeness (QED) is 0.398. The molecule has 1 aromatic heterocycles. The molecule has 2 fully saturated rings. The summed E-state index contributed by atoms with van der Waals surface area (Å²) in [7, 11) is 0. The third-order valence-corrected chi connectivity index (χ3v) is 5.84. The number of aliphatic hydroxyl groups excluding tert-OH is 1. The van der Waals surface area contributed by atoms with Crippen LogP contribution in [0.2, 0.25) is 0 Å². The molecule has 1 atom stereocenters. The summed E-state index contributed by atoms with van der Waals surface area (Å²) in [4.78, 5) is 12.9. The number of hydrogen-bond acceptors (Lipinski definition) is 6. The van der Waals surface area contributed by atoms with Crippen molar-refractivity contribution < 1.29 is 18.6 Å². The second-order valence-corrected chi connectivity index (χ2v) is 8.33. The van der Waals surface area contributed by atoms with Crippen molar-refractivity contribution in [1.29, 1.82) is 0 Å². The zero-order chi connectivity index (χ0) is 22.5. The fourth-order valence-corrected chi connectivity index (χ4v) is 4.05. The van der Waals surface area contributed by atoms with Gasteiger partial charge >= 0.3 is 0 Å². The molecular weight excluding hydrogens is 418 g/mol. The van der Waals surface area contributed by atoms with Gasteiger partial charge in [-0.05, 0) is 56.6 Å². The summed E-state index contributed by atoms with van der Waals surface area (Å²) in [6, 6.07) is 3.71. The molecule has 32 heavy (non-hydrogen) atoms. The molecule has 0 amide bonds. The monoisotopic (exact) mass is 446 g/mol. The maximum Gasteiger partial charge on any atom is 0.223 e. The number of nitrogens with one attached hydrogen (secondary N) is 2. The number of hydrogen-bond donors (Lipinski definition) is 4. The highest BCUT2D eigenvalue weighted by Gasteiger charge is 2.22. The first-order valence-corrected chi connectivity index (χ1v) is 10.9. The van der Waals surface area contributed by atoms with Crippen molar-refractivity contribution in [2.45, 2.75) is 50.7 Å². The summed E-state index contributed by atoms with van der Waals surface area (Å²) in [6.45, 7) is 1.36. The van der Waals surface area contributed by atoms with Crippen LogP contribution in [0.5, 0.6) is 0 Å². The normalized spacial score (nSPS) is 23.8. The van der Waals surface area contributed by atoms with Gasteiger partial charge in [0.2, 0.25) is 5.95 Å². The lowest BCUT2D eigenvalue weighted by Gasteiger charge is -2.26. The molecule has 4 rings (SSSR count). The fourth-order valence-electron chi connectivity index (χ4n) is 4.05. The van der Waals surface area contributed by atoms with Gasteiger partial charge in [0.15, 0.2) is 17.6 Å². The van der Waals surface area contributed by atoms with E-state index in [2.05, 4.69) is 25.6 Å². The number of para-hydroxylation sites is 1. The number of nitrogens with zero attached hydrogens (tertiary/aromatic N) is 3. The average Bonchev–Trinajstić information content (AvgIpc) is 3.27. The van der Waals surface area contributed by atoms with E-state index in [9.17, 15) is 13.9 Å². The molecule has 0 unspecified atom stereocenters. The fraction of sp³-hybridized carbons (Fsp3) is 0.500. The van der Waals surface area contributed by atoms with E-state index in [0.29, 0.717) is 37.2 Å². The maximum absolute atomic E-state index is 13.9. The van der Waals surface area contributed by atoms with Crippen LogP contribution in [0.15, 0.2) is 29.4 Å². The van der Waals surface area contributed by atoms with Crippen LogP contribution in [0.1, 0.15) is 37.8 Å². The largest absolute Gasteiger partial charge is 0.393 e. The van der Waals surface area contributed by atoms with Crippen LogP contribution in [-0.2, 0) is 11.2 Å². The number of nitrogens with two attached hydrogens (primary N) is 1. The van der Waals surface area contributed by atoms with Crippen molar-refractivity contribution in [2.75, 3.05) is 23.8 Å². The lowest BCUT2D eigenvalue weighted by molar-refractivity contribution is 0.126. The van der Waals surface area contributed by atoms with Crippen LogP contribution in [0.3, 0.4) is 0 Å². The van der Waals surface area contributed by atoms with Gasteiger partial charge in [0.25, 0.3) is 0 Å². The molecule has 1 aromatic carbocycles. The minimum Gasteiger partial charge on any atom is -0.393 e. The van der Waals surface area contributed by atoms with Crippen LogP contribution in [-0.4, -0.2) is 46.4 Å². The third kappa shape index (κ3) is 5.68. The first-order chi connectivity index (χ1) is 15.5. The zero-order valence-electron chi connectivity index (χ0n) is 17.7. The van der Waals surface area contributed by atoms with Crippen LogP contribution >= 0.6 is 0 Å². The van der Waals surface area contributed by atoms with E-state index in [1.54, 1.807) is 6.20 Å². The van der Waals surface area contributed by atoms with Crippen molar-refractivity contribution in [1.82, 2.24) is 9.97 Å². The van der Waals surface area contributed by atoms with Gasteiger partial charge in [0, 0.05) is 19.3 Å². The minimum atomic E-state index is -0.800. The molecule has 1 saturated heterocycles. The van der Waals surface area contributed by atoms with Crippen molar-refractivity contribution in [3.63, 3.8) is 0 Å². The van der Waals surface area contributed by atoms with Crippen molar-refractivity contribution >= 4 is 23.3 Å². The summed E-state index contributed by atoms with van der Waals surface area (Å²) in [6.07, 6.45) is 6.14. The summed E-state index contributed by atoms with van der Waals surface area (Å²) in [5.74, 6) is -0.951. The molecule has 1 aliphatic heterocycles. The molecule has 0 spiro atoms. The first kappa shape index (κ1) is 22.3. The summed E-state index contributed by atoms with van der Waals surface area (Å²) < 4.78 is 33.3. The summed E-state index contributed by atoms with van der Waals surface area (Å²) in [5.41, 5.74) is 6.73. The number of ether oxygens (including phenoxy) is 1. The van der Waals surface area contributed by atoms with Crippen LogP contribution in [0.4, 0.5) is 26.1 Å². The SMILES string of the molecule is NC(=Nc1c(F)cccc1F)Nc1cnc(NC2CCC(O)CC2)nc1C[C@@H]1CCOC1. The summed E-state index contributed by atoms with van der Waals surface area (Å²) >= 11 is 0. The standard InChI is InChI=1S/C22H28F2N6O2/c23-16-2-1-3-17(24)20(16)30-21(25)28-19-11-26-22(27-14-4-6-15(31)7-5-14)29-18(19)10-13-8-9-32-12-13/h1-3,11,13-15,31H,4-10,12H2,(H3,25,28,30)(H,26,27,29)/t13-,14?,15?/m0/s1. The highest BCUT2D eigenvalue weighted by molar-refractivity contribution is 5.94. The van der Waals surface area contributed by atoms with Crippen molar-refractivity contribution in [3.8, 4) is 0 Å². The van der Waals surface area contributed by atoms with Crippen molar-refractivity contribution in [2.24, 2.45) is 16.6 Å². The lowest BCUT2D eigenvalue weighted by atomic mass is 9.93. The van der Waals surface area contributed by atoms with Gasteiger partial charge in [0.05, 0.1) is 23.7 Å². The molecule has 2 aromatic rings. The van der Waals surface area contributed by atoms with Crippen LogP contribution in [0, 0.1) is 17.6 Å². The number of aliphatic imine (C=N–C) groups is 1. The van der Waals surface area contributed by atoms with Crippen LogP contribution < -0.4 is 16.4 Å². The second-order valence-electron chi connectivity index (χ2n) is 8.33. The minimum absolute atomic E-state index is 0.163. The molecule has 1 saturated carbocycles. The molecule has 172 valence electrons. The Kier molecular flexibility index (Phi) is 7.11. The summed E-state index contributed by atoms with van der Waals surface area (Å²) in [5, 5.41) is 15.9. The molecule has 1 aliphatic carbocycles. The van der Waals surface area contributed by atoms with Gasteiger partial charge in [-0.25, -0.2) is 23.7 Å². The third-order valence-electron chi connectivity index (χ3n) is 5.84. The van der Waals surface area contributed by atoms with Gasteiger partial charge in [-0.3, -0.25) is 0 Å². The van der Waals surface area contributed by atoms with E-state index in [0.717, 1.165) is 49.9 Å². The Bertz CT molecular complexity index is 939. The number of halogens is 2. The topological polar surface area (TPSA) is 118 Å². The molecule has 10 heteroatoms. The molecule has 5 N–H and O–H groups in total. The molecule has 0 radical (unpaired) electrons. The van der Waals surface area contributed by atoms with E-state index < -0.39 is 17.3 Å². The van der Waals surface area contributed by atoms with E-state index in [1.807, 2.05) is 0 Å². The van der Waals surface area contributed by atoms with Gasteiger partial charge in [-0.1, -0.05) is 6.07 Å². The van der Waals surface area contributed by atoms with E-state index in [4.69, 9.17) is 10.5 Å². The Morgan fingerprint density at radius 2 is 1.94 bits per heavy atom. The van der Waals surface area contributed by atoms with Gasteiger partial charge in [0.1, 0.15) is 5.69 Å². The number of guanidine groups is 1. The lowest BCUT2D eigenvalue weighted by Crippen LogP contribution is -2.29. The Hall–Kier alpha value is -2.85. The maximum atomic E-state index is 13.9. The van der Waals surface area contributed by atoms with E-state index in [-0.39, 0.29) is 18.1 Å². The van der Waals surface area contributed by atoms with Gasteiger partial charge < -0.3 is 26.2 Å². The highest BCUT2D eigenvalue weighted by Crippen LogP contribution is 2.26. The predicted octanol–water partition coefficient (Wildman–Crippen LogP) is 3.11. The van der Waals surface area contributed by atoms with Gasteiger partial charge in [-0.15, -0.1) is 0 Å². The molecule has 0 bridgehead atoms. The smallest absolute Gasteiger partial charge is 0.223 e. The average molecular weight is 447 g/mol. The molecule has 2 aliphatic rings. The Morgan fingerprint density at radius 3 is 2.62 bits per heavy atom. The van der Waals surface area contributed by atoms with Crippen LogP contribution in [0.25, 0.3) is 0 Å². The number of aromatic nitrogens is 2. The van der Waals surface area contributed by atoms with E-state index >= 15 is 0 Å². The zero-order valence-corrected chi connectivity index (χ0v) is 17.7. The van der Waals surface area contributed by atoms with Crippen molar-refractivity contribution in [3.05, 3.63) is 41.7 Å². The Labute approximate surface area is 185 Å². The number of rotatable bonds is 6. The Morgan fingerprint density at radius 1 is 1.19 bits per heavy atom. The number of aliphatic hydroxyl groups is 1. The molecule has 8 nitrogen and oxygen atoms in total. The molecular formula is C22H28F2N6O2. The number of benzene rings is 1. The molecule has 2 heterocycles. The number of anilines is 2. The van der Waals surface area contributed by atoms with E-state index in [1.165, 1.54) is 6.07 Å². The van der Waals surface area contributed by atoms with Gasteiger partial charge in [-0.2, -0.15) is 0 Å².